The summed E-state index contributed by atoms with van der Waals surface area (Å²) in [6, 6.07) is 15.9. The summed E-state index contributed by atoms with van der Waals surface area (Å²) in [7, 11) is 0. The van der Waals surface area contributed by atoms with Crippen LogP contribution in [0.25, 0.3) is 0 Å². The molecular formula is C30H42Cl4N4O4. The van der Waals surface area contributed by atoms with Crippen molar-refractivity contribution >= 4 is 35.0 Å². The summed E-state index contributed by atoms with van der Waals surface area (Å²) >= 11 is 12.9. The maximum atomic E-state index is 12.4. The largest absolute Gasteiger partial charge is 1.00 e. The lowest BCUT2D eigenvalue weighted by Gasteiger charge is -2.41. The number of benzene rings is 2. The molecule has 0 atom stereocenters. The van der Waals surface area contributed by atoms with Crippen molar-refractivity contribution in [1.29, 1.82) is 0 Å². The van der Waals surface area contributed by atoms with Gasteiger partial charge in [-0.05, 0) is 12.1 Å². The van der Waals surface area contributed by atoms with Gasteiger partial charge in [-0.25, -0.2) is 0 Å². The predicted molar refractivity (Wildman–Crippen MR) is 157 cm³/mol. The average molecular weight is 665 g/mol. The lowest BCUT2D eigenvalue weighted by molar-refractivity contribution is -0.947. The number of carbonyl (C=O) groups is 2. The molecule has 0 radical (unpaired) electrons. The zero-order valence-electron chi connectivity index (χ0n) is 24.0. The van der Waals surface area contributed by atoms with Crippen LogP contribution in [0.3, 0.4) is 0 Å². The van der Waals surface area contributed by atoms with Gasteiger partial charge in [-0.15, -0.1) is 0 Å². The van der Waals surface area contributed by atoms with E-state index in [0.29, 0.717) is 39.5 Å². The van der Waals surface area contributed by atoms with Gasteiger partial charge in [0.2, 0.25) is 0 Å². The van der Waals surface area contributed by atoms with Crippen molar-refractivity contribution in [1.82, 2.24) is 10.6 Å². The molecule has 2 aromatic carbocycles. The number of hydrogen-bond acceptors (Lipinski definition) is 4. The fraction of sp³-hybridized carbons (Fsp3) is 0.533. The van der Waals surface area contributed by atoms with Crippen LogP contribution in [0.1, 0.15) is 24.0 Å². The summed E-state index contributed by atoms with van der Waals surface area (Å²) in [5, 5.41) is 7.15. The molecule has 0 saturated carbocycles. The highest BCUT2D eigenvalue weighted by molar-refractivity contribution is 6.35. The van der Waals surface area contributed by atoms with E-state index < -0.39 is 11.8 Å². The number of hydrogen-bond donors (Lipinski definition) is 2. The third kappa shape index (κ3) is 10.8. The minimum absolute atomic E-state index is 0. The minimum atomic E-state index is -0.578. The van der Waals surface area contributed by atoms with Gasteiger partial charge in [0.25, 0.3) is 0 Å². The second-order valence-corrected chi connectivity index (χ2v) is 11.8. The number of quaternary nitrogens is 2. The first kappa shape index (κ1) is 36.6. The van der Waals surface area contributed by atoms with Crippen LogP contribution in [0.15, 0.2) is 48.5 Å². The van der Waals surface area contributed by atoms with E-state index in [1.807, 2.05) is 36.4 Å². The van der Waals surface area contributed by atoms with Crippen LogP contribution in [-0.4, -0.2) is 99.6 Å². The van der Waals surface area contributed by atoms with Crippen LogP contribution in [-0.2, 0) is 32.2 Å². The molecule has 2 fully saturated rings. The lowest BCUT2D eigenvalue weighted by Crippen LogP contribution is -3.00. The molecule has 234 valence electrons. The Kier molecular flexibility index (Phi) is 15.9. The maximum Gasteiger partial charge on any atom is 0.309 e. The van der Waals surface area contributed by atoms with E-state index in [1.165, 1.54) is 0 Å². The van der Waals surface area contributed by atoms with E-state index in [9.17, 15) is 9.59 Å². The Morgan fingerprint density at radius 1 is 0.643 bits per heavy atom. The molecule has 4 rings (SSSR count). The summed E-state index contributed by atoms with van der Waals surface area (Å²) in [5.74, 6) is -1.16. The molecule has 0 unspecified atom stereocenters. The number of ether oxygens (including phenoxy) is 2. The van der Waals surface area contributed by atoms with Gasteiger partial charge in [-0.3, -0.25) is 9.59 Å². The summed E-state index contributed by atoms with van der Waals surface area (Å²) in [4.78, 5) is 24.9. The van der Waals surface area contributed by atoms with E-state index in [4.69, 9.17) is 32.7 Å². The molecule has 2 heterocycles. The first-order chi connectivity index (χ1) is 19.4. The molecule has 42 heavy (non-hydrogen) atoms. The van der Waals surface area contributed by atoms with Gasteiger partial charge in [0.1, 0.15) is 39.3 Å². The van der Waals surface area contributed by atoms with Crippen molar-refractivity contribution in [2.24, 2.45) is 0 Å². The van der Waals surface area contributed by atoms with Gasteiger partial charge in [0.15, 0.2) is 0 Å². The quantitative estimate of drug-likeness (QED) is 0.149. The summed E-state index contributed by atoms with van der Waals surface area (Å²) in [6.07, 6.45) is 1.54. The van der Waals surface area contributed by atoms with Crippen molar-refractivity contribution in [3.8, 4) is 0 Å². The first-order valence-electron chi connectivity index (χ1n) is 14.3. The van der Waals surface area contributed by atoms with Gasteiger partial charge in [0, 0.05) is 47.1 Å². The fourth-order valence-electron chi connectivity index (χ4n) is 5.75. The zero-order valence-corrected chi connectivity index (χ0v) is 27.0. The van der Waals surface area contributed by atoms with E-state index in [1.54, 1.807) is 0 Å². The first-order valence-corrected chi connectivity index (χ1v) is 15.0. The number of halogens is 4. The van der Waals surface area contributed by atoms with Crippen molar-refractivity contribution < 1.29 is 52.8 Å². The van der Waals surface area contributed by atoms with Gasteiger partial charge < -0.3 is 53.9 Å². The van der Waals surface area contributed by atoms with Crippen molar-refractivity contribution in [2.45, 2.75) is 25.9 Å². The summed E-state index contributed by atoms with van der Waals surface area (Å²) in [6.45, 7) is 10.8. The third-order valence-electron chi connectivity index (χ3n) is 8.16. The molecule has 2 aliphatic heterocycles. The number of morpholine rings is 2. The second-order valence-electron chi connectivity index (χ2n) is 11.0. The molecule has 0 aliphatic carbocycles. The maximum absolute atomic E-state index is 12.4. The zero-order chi connectivity index (χ0) is 28.3. The van der Waals surface area contributed by atoms with Gasteiger partial charge in [-0.2, -0.15) is 0 Å². The SMILES string of the molecule is O=C(NCCC[N+]1(Cc2ccccc2Cl)CCOCC1)C(=O)NCCC[N+]1(Cc2ccccc2Cl)CCOCC1.[Cl-].[Cl-]. The summed E-state index contributed by atoms with van der Waals surface area (Å²) < 4.78 is 13.0. The van der Waals surface area contributed by atoms with E-state index >= 15 is 0 Å². The van der Waals surface area contributed by atoms with E-state index in [0.717, 1.165) is 95.3 Å². The Morgan fingerprint density at radius 2 is 1.00 bits per heavy atom. The summed E-state index contributed by atoms with van der Waals surface area (Å²) in [5.41, 5.74) is 2.25. The molecule has 12 heteroatoms. The van der Waals surface area contributed by atoms with Gasteiger partial charge in [-0.1, -0.05) is 59.6 Å². The molecule has 2 saturated heterocycles. The van der Waals surface area contributed by atoms with Crippen LogP contribution in [0.5, 0.6) is 0 Å². The number of nitrogens with zero attached hydrogens (tertiary/aromatic N) is 2. The third-order valence-corrected chi connectivity index (χ3v) is 8.90. The Balaban J connectivity index is 0.00000308. The second kappa shape index (κ2) is 18.2. The molecular weight excluding hydrogens is 622 g/mol. The fourth-order valence-corrected chi connectivity index (χ4v) is 6.14. The minimum Gasteiger partial charge on any atom is -1.00 e. The Morgan fingerprint density at radius 3 is 1.36 bits per heavy atom. The van der Waals surface area contributed by atoms with E-state index in [-0.39, 0.29) is 24.8 Å². The van der Waals surface area contributed by atoms with Gasteiger partial charge in [0.05, 0.1) is 39.5 Å². The predicted octanol–water partition coefficient (Wildman–Crippen LogP) is -2.59. The molecule has 2 aromatic rings. The molecule has 2 N–H and O–H groups in total. The molecule has 0 aromatic heterocycles. The highest BCUT2D eigenvalue weighted by Gasteiger charge is 2.32. The van der Waals surface area contributed by atoms with Crippen LogP contribution >= 0.6 is 23.2 Å². The molecule has 2 aliphatic rings. The Bertz CT molecular complexity index is 1040. The smallest absolute Gasteiger partial charge is 0.309 e. The number of carbonyl (C=O) groups excluding carboxylic acids is 2. The molecule has 8 nitrogen and oxygen atoms in total. The molecule has 2 amide bonds. The normalized spacial score (nSPS) is 17.3. The number of nitrogens with one attached hydrogen (secondary N) is 2. The standard InChI is InChI=1S/C30H40Cl2N4O4.2ClH/c31-27-9-3-1-7-25(27)23-35(15-19-39-20-16-35)13-5-11-33-29(37)30(38)34-12-6-14-36(17-21-40-22-18-36)24-26-8-2-4-10-28(26)32;;/h1-4,7-10H,5-6,11-24H2;2*1H. The number of amides is 2. The highest BCUT2D eigenvalue weighted by Crippen LogP contribution is 2.25. The lowest BCUT2D eigenvalue weighted by atomic mass is 10.1. The average Bonchev–Trinajstić information content (AvgIpc) is 2.97. The highest BCUT2D eigenvalue weighted by atomic mass is 35.5. The van der Waals surface area contributed by atoms with Gasteiger partial charge >= 0.3 is 11.8 Å². The Labute approximate surface area is 272 Å². The monoisotopic (exact) mass is 662 g/mol. The Hall–Kier alpha value is -1.62. The number of rotatable bonds is 12. The topological polar surface area (TPSA) is 76.7 Å². The van der Waals surface area contributed by atoms with Crippen molar-refractivity contribution in [3.63, 3.8) is 0 Å². The van der Waals surface area contributed by atoms with Crippen LogP contribution in [0, 0.1) is 0 Å². The molecule has 0 spiro atoms. The van der Waals surface area contributed by atoms with E-state index in [2.05, 4.69) is 22.8 Å². The molecule has 0 bridgehead atoms. The van der Waals surface area contributed by atoms with Crippen molar-refractivity contribution in [3.05, 3.63) is 69.7 Å². The van der Waals surface area contributed by atoms with Crippen LogP contribution in [0.2, 0.25) is 10.0 Å². The van der Waals surface area contributed by atoms with Crippen molar-refractivity contribution in [2.75, 3.05) is 78.8 Å². The van der Waals surface area contributed by atoms with Crippen LogP contribution < -0.4 is 35.4 Å². The van der Waals surface area contributed by atoms with Crippen LogP contribution in [0.4, 0.5) is 0 Å².